The Morgan fingerprint density at radius 1 is 1.02 bits per heavy atom. The van der Waals surface area contributed by atoms with E-state index in [2.05, 4.69) is 10.3 Å². The quantitative estimate of drug-likeness (QED) is 0.300. The number of hydrogen-bond donors (Lipinski definition) is 1. The van der Waals surface area contributed by atoms with Crippen LogP contribution in [0.5, 0.6) is 0 Å². The van der Waals surface area contributed by atoms with Crippen molar-refractivity contribution in [3.05, 3.63) is 48.6 Å². The first-order valence-corrected chi connectivity index (χ1v) is 14.1. The van der Waals surface area contributed by atoms with Gasteiger partial charge in [0, 0.05) is 19.7 Å². The molecule has 11 nitrogen and oxygen atoms in total. The van der Waals surface area contributed by atoms with Gasteiger partial charge in [0.2, 0.25) is 5.91 Å². The molecule has 1 unspecified atom stereocenters. The molecule has 1 aromatic heterocycles. The Kier molecular flexibility index (Phi) is 6.95. The fraction of sp³-hybridized carbons (Fsp3) is 0.552. The standard InChI is InChI=1S/C29H35N5O6/c1-28-13-6-9-18-39-27(38)23(28)22-25(36)33(16-7-2-3-8-17-35)24-26(37)32(15-10-14-29(22,24)40-28)19-34-21-12-5-4-11-20(21)30-31-34/h4-6,10-14,22-24,35H,2-3,7-9,15-19H2,1H3/t22-,23-,24?,28+,29-/m0/s1. The first-order valence-electron chi connectivity index (χ1n) is 14.1. The summed E-state index contributed by atoms with van der Waals surface area (Å²) in [6.07, 6.45) is 11.0. The van der Waals surface area contributed by atoms with Crippen LogP contribution in [0.3, 0.4) is 0 Å². The number of aliphatic hydroxyl groups excluding tert-OH is 1. The lowest BCUT2D eigenvalue weighted by molar-refractivity contribution is -0.160. The van der Waals surface area contributed by atoms with Crippen LogP contribution in [-0.2, 0) is 30.5 Å². The number of aliphatic hydroxyl groups is 1. The highest BCUT2D eigenvalue weighted by molar-refractivity contribution is 5.99. The van der Waals surface area contributed by atoms with Crippen molar-refractivity contribution in [2.75, 3.05) is 26.3 Å². The van der Waals surface area contributed by atoms with Gasteiger partial charge in [-0.2, -0.15) is 0 Å². The maximum Gasteiger partial charge on any atom is 0.313 e. The molecule has 2 amide bonds. The maximum absolute atomic E-state index is 14.4. The zero-order chi connectivity index (χ0) is 27.9. The Balaban J connectivity index is 1.37. The van der Waals surface area contributed by atoms with E-state index in [1.807, 2.05) is 48.6 Å². The number of carbonyl (C=O) groups excluding carboxylic acids is 3. The lowest BCUT2D eigenvalue weighted by atomic mass is 9.74. The van der Waals surface area contributed by atoms with E-state index in [0.29, 0.717) is 32.4 Å². The molecule has 40 heavy (non-hydrogen) atoms. The third-order valence-electron chi connectivity index (χ3n) is 8.64. The van der Waals surface area contributed by atoms with Crippen LogP contribution in [0.2, 0.25) is 0 Å². The molecule has 2 aromatic rings. The van der Waals surface area contributed by atoms with E-state index in [0.717, 1.165) is 23.9 Å². The van der Waals surface area contributed by atoms with Gasteiger partial charge < -0.3 is 24.4 Å². The number of amides is 2. The lowest BCUT2D eigenvalue weighted by Gasteiger charge is -2.37. The molecule has 0 radical (unpaired) electrons. The number of aromatic nitrogens is 3. The fourth-order valence-corrected chi connectivity index (χ4v) is 6.83. The van der Waals surface area contributed by atoms with Crippen LogP contribution < -0.4 is 0 Å². The van der Waals surface area contributed by atoms with Crippen molar-refractivity contribution in [2.45, 2.75) is 62.9 Å². The Labute approximate surface area is 232 Å². The maximum atomic E-state index is 14.4. The van der Waals surface area contributed by atoms with Crippen LogP contribution in [0.4, 0.5) is 0 Å². The van der Waals surface area contributed by atoms with Crippen molar-refractivity contribution in [1.82, 2.24) is 24.8 Å². The van der Waals surface area contributed by atoms with Gasteiger partial charge in [-0.1, -0.05) is 54.5 Å². The van der Waals surface area contributed by atoms with Gasteiger partial charge in [0.05, 0.1) is 23.6 Å². The highest BCUT2D eigenvalue weighted by atomic mass is 16.6. The summed E-state index contributed by atoms with van der Waals surface area (Å²) in [5, 5.41) is 17.6. The number of cyclic esters (lactones) is 1. The van der Waals surface area contributed by atoms with Crippen molar-refractivity contribution in [3.63, 3.8) is 0 Å². The molecule has 5 heterocycles. The number of nitrogens with zero attached hydrogens (tertiary/aromatic N) is 5. The van der Waals surface area contributed by atoms with E-state index in [-0.39, 0.29) is 31.7 Å². The number of likely N-dealkylation sites (tertiary alicyclic amines) is 1. The van der Waals surface area contributed by atoms with Crippen molar-refractivity contribution in [3.8, 4) is 0 Å². The van der Waals surface area contributed by atoms with Crippen molar-refractivity contribution in [2.24, 2.45) is 11.8 Å². The van der Waals surface area contributed by atoms with Gasteiger partial charge in [-0.05, 0) is 38.3 Å². The zero-order valence-electron chi connectivity index (χ0n) is 22.6. The van der Waals surface area contributed by atoms with E-state index >= 15 is 0 Å². The van der Waals surface area contributed by atoms with Gasteiger partial charge in [-0.3, -0.25) is 14.4 Å². The topological polar surface area (TPSA) is 127 Å². The second-order valence-electron chi connectivity index (χ2n) is 11.2. The molecular weight excluding hydrogens is 514 g/mol. The van der Waals surface area contributed by atoms with Gasteiger partial charge in [-0.25, -0.2) is 4.68 Å². The van der Waals surface area contributed by atoms with Crippen LogP contribution in [0, 0.1) is 11.8 Å². The molecule has 4 aliphatic rings. The highest BCUT2D eigenvalue weighted by Crippen LogP contribution is 2.57. The normalized spacial score (nSPS) is 31.6. The summed E-state index contributed by atoms with van der Waals surface area (Å²) in [5.74, 6) is -2.75. The monoisotopic (exact) mass is 549 g/mol. The van der Waals surface area contributed by atoms with Crippen molar-refractivity contribution >= 4 is 28.8 Å². The summed E-state index contributed by atoms with van der Waals surface area (Å²) < 4.78 is 14.0. The Morgan fingerprint density at radius 2 is 1.85 bits per heavy atom. The minimum atomic E-state index is -1.31. The molecule has 2 saturated heterocycles. The Hall–Kier alpha value is -3.57. The van der Waals surface area contributed by atoms with E-state index in [1.54, 1.807) is 21.4 Å². The van der Waals surface area contributed by atoms with E-state index in [4.69, 9.17) is 14.6 Å². The van der Waals surface area contributed by atoms with Crippen LogP contribution >= 0.6 is 0 Å². The molecule has 0 saturated carbocycles. The zero-order valence-corrected chi connectivity index (χ0v) is 22.6. The molecule has 212 valence electrons. The number of esters is 1. The van der Waals surface area contributed by atoms with Crippen molar-refractivity contribution in [1.29, 1.82) is 0 Å². The van der Waals surface area contributed by atoms with Crippen LogP contribution in [-0.4, -0.2) is 91.2 Å². The number of ether oxygens (including phenoxy) is 2. The number of hydrogen-bond acceptors (Lipinski definition) is 8. The fourth-order valence-electron chi connectivity index (χ4n) is 6.83. The third-order valence-corrected chi connectivity index (χ3v) is 8.64. The molecule has 0 aliphatic carbocycles. The largest absolute Gasteiger partial charge is 0.465 e. The SMILES string of the molecule is C[C@@]12C=CCCOC(=O)[C@@H]1[C@H]1C(=O)N(CCCCCCO)C3C(=O)N(Cn4nnc5ccccc54)CC=C[C@@]31O2. The summed E-state index contributed by atoms with van der Waals surface area (Å²) in [6.45, 7) is 2.96. The summed E-state index contributed by atoms with van der Waals surface area (Å²) >= 11 is 0. The van der Waals surface area contributed by atoms with Gasteiger partial charge in [-0.15, -0.1) is 5.10 Å². The second kappa shape index (κ2) is 10.4. The van der Waals surface area contributed by atoms with Crippen molar-refractivity contribution < 1.29 is 29.0 Å². The Bertz CT molecular complexity index is 1370. The predicted octanol–water partition coefficient (Wildman–Crippen LogP) is 1.81. The van der Waals surface area contributed by atoms with Crippen LogP contribution in [0.1, 0.15) is 39.0 Å². The molecule has 5 atom stereocenters. The number of benzene rings is 1. The van der Waals surface area contributed by atoms with E-state index in [1.165, 1.54) is 0 Å². The summed E-state index contributed by atoms with van der Waals surface area (Å²) in [6, 6.07) is 6.60. The number of rotatable bonds is 8. The molecule has 1 aromatic carbocycles. The molecule has 11 heteroatoms. The summed E-state index contributed by atoms with van der Waals surface area (Å²) in [5.41, 5.74) is -0.877. The smallest absolute Gasteiger partial charge is 0.313 e. The highest BCUT2D eigenvalue weighted by Gasteiger charge is 2.74. The lowest BCUT2D eigenvalue weighted by Crippen LogP contribution is -2.56. The average molecular weight is 550 g/mol. The van der Waals surface area contributed by atoms with Crippen LogP contribution in [0.15, 0.2) is 48.6 Å². The van der Waals surface area contributed by atoms with Gasteiger partial charge >= 0.3 is 5.97 Å². The molecule has 1 N–H and O–H groups in total. The molecule has 4 aliphatic heterocycles. The number of unbranched alkanes of at least 4 members (excludes halogenated alkanes) is 3. The summed E-state index contributed by atoms with van der Waals surface area (Å²) in [4.78, 5) is 45.3. The average Bonchev–Trinajstić information content (AvgIpc) is 3.49. The first kappa shape index (κ1) is 26.6. The van der Waals surface area contributed by atoms with Gasteiger partial charge in [0.1, 0.15) is 29.7 Å². The molecule has 1 spiro atoms. The minimum absolute atomic E-state index is 0.120. The minimum Gasteiger partial charge on any atom is -0.465 e. The van der Waals surface area contributed by atoms with Crippen LogP contribution in [0.25, 0.3) is 11.0 Å². The third kappa shape index (κ3) is 4.23. The van der Waals surface area contributed by atoms with E-state index < -0.39 is 35.0 Å². The van der Waals surface area contributed by atoms with Gasteiger partial charge in [0.25, 0.3) is 5.91 Å². The molecule has 6 rings (SSSR count). The van der Waals surface area contributed by atoms with Gasteiger partial charge in [0.15, 0.2) is 0 Å². The Morgan fingerprint density at radius 3 is 2.70 bits per heavy atom. The number of fused-ring (bicyclic) bond motifs is 3. The molecule has 2 fully saturated rings. The predicted molar refractivity (Wildman–Crippen MR) is 143 cm³/mol. The number of para-hydroxylation sites is 1. The number of carbonyl (C=O) groups is 3. The molecule has 0 bridgehead atoms. The van der Waals surface area contributed by atoms with E-state index in [9.17, 15) is 14.4 Å². The molecular formula is C29H35N5O6. The summed E-state index contributed by atoms with van der Waals surface area (Å²) in [7, 11) is 0. The first-order chi connectivity index (χ1) is 19.4. The second-order valence-corrected chi connectivity index (χ2v) is 11.2.